The minimum Gasteiger partial charge on any atom is -0.274 e. The first-order valence-electron chi connectivity index (χ1n) is 5.14. The Balaban J connectivity index is 2.58. The molecule has 110 valence electrons. The number of carbonyl (C=O) groups excluding carboxylic acids is 1. The molecule has 0 spiro atoms. The van der Waals surface area contributed by atoms with Gasteiger partial charge in [-0.25, -0.2) is 35.8 Å². The Kier molecular flexibility index (Phi) is 3.55. The third kappa shape index (κ3) is 2.65. The summed E-state index contributed by atoms with van der Waals surface area (Å²) in [6.07, 6.45) is 0.901. The summed E-state index contributed by atoms with van der Waals surface area (Å²) in [5, 5.41) is 0.427. The lowest BCUT2D eigenvalue weighted by molar-refractivity contribution is 0.246. The van der Waals surface area contributed by atoms with Crippen molar-refractivity contribution < 1.29 is 4.79 Å². The van der Waals surface area contributed by atoms with Crippen LogP contribution in [-0.4, -0.2) is 35.5 Å². The van der Waals surface area contributed by atoms with E-state index in [0.29, 0.717) is 9.58 Å². The molecule has 2 amide bonds. The molecule has 0 aliphatic carbocycles. The molecule has 0 saturated heterocycles. The van der Waals surface area contributed by atoms with Crippen LogP contribution in [0.5, 0.6) is 0 Å². The van der Waals surface area contributed by atoms with Gasteiger partial charge in [-0.15, -0.1) is 0 Å². The van der Waals surface area contributed by atoms with Crippen molar-refractivity contribution in [2.24, 2.45) is 11.7 Å². The highest BCUT2D eigenvalue weighted by atomic mass is 16.2. The number of rotatable bonds is 2. The summed E-state index contributed by atoms with van der Waals surface area (Å²) in [6.45, 7) is 0. The van der Waals surface area contributed by atoms with Crippen molar-refractivity contribution in [2.45, 2.75) is 0 Å². The number of anilines is 1. The van der Waals surface area contributed by atoms with Crippen LogP contribution in [0.25, 0.3) is 5.95 Å². The Labute approximate surface area is 113 Å². The van der Waals surface area contributed by atoms with Gasteiger partial charge in [0.05, 0.1) is 0 Å². The maximum Gasteiger partial charge on any atom is 0.353 e. The summed E-state index contributed by atoms with van der Waals surface area (Å²) in [6, 6.07) is -0.949. The number of hydrogen-bond acceptors (Lipinski definition) is 9. The van der Waals surface area contributed by atoms with E-state index in [0.717, 1.165) is 6.33 Å². The van der Waals surface area contributed by atoms with Gasteiger partial charge in [0.2, 0.25) is 5.95 Å². The quantitative estimate of drug-likeness (QED) is 0.205. The van der Waals surface area contributed by atoms with Crippen LogP contribution in [0.1, 0.15) is 0 Å². The second-order valence-electron chi connectivity index (χ2n) is 3.43. The van der Waals surface area contributed by atoms with E-state index in [2.05, 4.69) is 15.0 Å². The predicted molar refractivity (Wildman–Crippen MR) is 66.1 cm³/mol. The van der Waals surface area contributed by atoms with Crippen molar-refractivity contribution in [1.29, 1.82) is 0 Å². The van der Waals surface area contributed by atoms with Gasteiger partial charge in [0.15, 0.2) is 0 Å². The molecule has 7 N–H and O–H groups in total. The Hall–Kier alpha value is -3.39. The van der Waals surface area contributed by atoms with Crippen LogP contribution in [0, 0.1) is 0 Å². The zero-order valence-corrected chi connectivity index (χ0v) is 10.1. The van der Waals surface area contributed by atoms with Crippen molar-refractivity contribution in [2.75, 3.05) is 5.01 Å². The number of aromatic amines is 2. The molecule has 14 nitrogen and oxygen atoms in total. The largest absolute Gasteiger partial charge is 0.353 e. The zero-order valence-electron chi connectivity index (χ0n) is 10.1. The molecule has 2 heterocycles. The molecule has 0 fully saturated rings. The maximum absolute atomic E-state index is 11.6. The van der Waals surface area contributed by atoms with Gasteiger partial charge < -0.3 is 0 Å². The van der Waals surface area contributed by atoms with Crippen LogP contribution < -0.4 is 39.2 Å². The monoisotopic (exact) mass is 296 g/mol. The van der Waals surface area contributed by atoms with Crippen LogP contribution in [0.4, 0.5) is 10.7 Å². The third-order valence-corrected chi connectivity index (χ3v) is 2.15. The molecule has 2 aromatic heterocycles. The van der Waals surface area contributed by atoms with E-state index in [9.17, 15) is 19.2 Å². The van der Waals surface area contributed by atoms with E-state index in [1.54, 1.807) is 5.43 Å². The van der Waals surface area contributed by atoms with E-state index < -0.39 is 29.0 Å². The summed E-state index contributed by atoms with van der Waals surface area (Å²) in [4.78, 5) is 59.7. The van der Waals surface area contributed by atoms with Crippen molar-refractivity contribution in [3.05, 3.63) is 37.8 Å². The standard InChI is InChI=1S/C7H8N10O4/c8-15-7(21)17(9)3-11-1-10-2(12-3)16-5(19)13-4(18)14-6(16)20/h1H,8-9H2,(H,15,21)(H2,13,14,18,19,20). The van der Waals surface area contributed by atoms with Gasteiger partial charge in [-0.2, -0.15) is 19.5 Å². The molecular formula is C7H8N10O4. The van der Waals surface area contributed by atoms with Gasteiger partial charge in [-0.1, -0.05) is 0 Å². The molecule has 14 heteroatoms. The first-order chi connectivity index (χ1) is 9.93. The molecule has 2 aromatic rings. The fourth-order valence-electron chi connectivity index (χ4n) is 1.27. The number of nitrogens with zero attached hydrogens (tertiary/aromatic N) is 5. The lowest BCUT2D eigenvalue weighted by Gasteiger charge is -2.13. The summed E-state index contributed by atoms with van der Waals surface area (Å²) >= 11 is 0. The highest BCUT2D eigenvalue weighted by molar-refractivity contribution is 5.88. The fourth-order valence-corrected chi connectivity index (χ4v) is 1.27. The molecule has 0 aromatic carbocycles. The molecule has 0 atom stereocenters. The van der Waals surface area contributed by atoms with Crippen molar-refractivity contribution >= 4 is 12.0 Å². The van der Waals surface area contributed by atoms with Gasteiger partial charge in [-0.05, 0) is 0 Å². The fraction of sp³-hybridized carbons (Fsp3) is 0. The molecule has 2 rings (SSSR count). The normalized spacial score (nSPS) is 10.2. The van der Waals surface area contributed by atoms with Crippen LogP contribution in [-0.2, 0) is 0 Å². The minimum absolute atomic E-state index is 0.388. The molecule has 0 aliphatic rings. The smallest absolute Gasteiger partial charge is 0.274 e. The van der Waals surface area contributed by atoms with Crippen molar-refractivity contribution in [3.63, 3.8) is 0 Å². The first-order valence-corrected chi connectivity index (χ1v) is 5.14. The second-order valence-corrected chi connectivity index (χ2v) is 3.43. The molecular weight excluding hydrogens is 288 g/mol. The van der Waals surface area contributed by atoms with Crippen LogP contribution in [0.3, 0.4) is 0 Å². The number of hydrazine groups is 2. The van der Waals surface area contributed by atoms with Gasteiger partial charge >= 0.3 is 23.1 Å². The number of H-pyrrole nitrogens is 2. The summed E-state index contributed by atoms with van der Waals surface area (Å²) in [5.41, 5.74) is -1.41. The summed E-state index contributed by atoms with van der Waals surface area (Å²) in [5.74, 6) is 9.39. The lowest BCUT2D eigenvalue weighted by atomic mass is 10.7. The Bertz CT molecular complexity index is 815. The number of amides is 2. The van der Waals surface area contributed by atoms with E-state index in [1.165, 1.54) is 0 Å². The number of carbonyl (C=O) groups is 1. The summed E-state index contributed by atoms with van der Waals surface area (Å²) < 4.78 is 0.417. The molecule has 0 bridgehead atoms. The van der Waals surface area contributed by atoms with E-state index in [-0.39, 0.29) is 5.95 Å². The van der Waals surface area contributed by atoms with Crippen LogP contribution in [0.15, 0.2) is 20.7 Å². The highest BCUT2D eigenvalue weighted by Gasteiger charge is 2.16. The van der Waals surface area contributed by atoms with Crippen LogP contribution >= 0.6 is 0 Å². The number of aromatic nitrogens is 6. The zero-order chi connectivity index (χ0) is 15.6. The molecule has 0 aliphatic heterocycles. The highest BCUT2D eigenvalue weighted by Crippen LogP contribution is 2.02. The Morgan fingerprint density at radius 3 is 2.43 bits per heavy atom. The Morgan fingerprint density at radius 1 is 1.24 bits per heavy atom. The van der Waals surface area contributed by atoms with Gasteiger partial charge in [0.25, 0.3) is 5.95 Å². The minimum atomic E-state index is -1.08. The van der Waals surface area contributed by atoms with Gasteiger partial charge in [0.1, 0.15) is 6.33 Å². The average Bonchev–Trinajstić information content (AvgIpc) is 2.45. The lowest BCUT2D eigenvalue weighted by Crippen LogP contribution is -2.49. The number of hydrogen-bond donors (Lipinski definition) is 5. The predicted octanol–water partition coefficient (Wildman–Crippen LogP) is -4.34. The average molecular weight is 296 g/mol. The third-order valence-electron chi connectivity index (χ3n) is 2.15. The number of nitrogens with two attached hydrogens (primary N) is 2. The molecule has 0 unspecified atom stereocenters. The summed E-state index contributed by atoms with van der Waals surface area (Å²) in [7, 11) is 0. The van der Waals surface area contributed by atoms with E-state index in [4.69, 9.17) is 11.7 Å². The van der Waals surface area contributed by atoms with E-state index in [1.807, 2.05) is 9.97 Å². The maximum atomic E-state index is 11.6. The number of urea groups is 1. The first kappa shape index (κ1) is 14.0. The molecule has 21 heavy (non-hydrogen) atoms. The van der Waals surface area contributed by atoms with Crippen molar-refractivity contribution in [1.82, 2.24) is 34.9 Å². The van der Waals surface area contributed by atoms with Gasteiger partial charge in [-0.3, -0.25) is 15.4 Å². The SMILES string of the molecule is NNC(=O)N(N)c1ncnc(-n2c(=O)[nH]c(=O)[nH]c2=O)n1. The van der Waals surface area contributed by atoms with Gasteiger partial charge in [0, 0.05) is 0 Å². The molecule has 0 saturated carbocycles. The van der Waals surface area contributed by atoms with E-state index >= 15 is 0 Å². The number of nitrogens with one attached hydrogen (secondary N) is 3. The topological polar surface area (TPSA) is 211 Å². The Morgan fingerprint density at radius 2 is 1.86 bits per heavy atom. The van der Waals surface area contributed by atoms with Crippen molar-refractivity contribution in [3.8, 4) is 5.95 Å². The molecule has 0 radical (unpaired) electrons. The second kappa shape index (κ2) is 5.31. The van der Waals surface area contributed by atoms with Crippen LogP contribution in [0.2, 0.25) is 0 Å².